The number of amides is 1. The van der Waals surface area contributed by atoms with E-state index in [4.69, 9.17) is 24.0 Å². The quantitative estimate of drug-likeness (QED) is 0.0722. The first-order chi connectivity index (χ1) is 27.5. The van der Waals surface area contributed by atoms with E-state index in [1.54, 1.807) is 23.6 Å². The van der Waals surface area contributed by atoms with Crippen LogP contribution in [0.3, 0.4) is 0 Å². The van der Waals surface area contributed by atoms with Gasteiger partial charge in [0.25, 0.3) is 0 Å². The van der Waals surface area contributed by atoms with E-state index in [-0.39, 0.29) is 19.8 Å². The summed E-state index contributed by atoms with van der Waals surface area (Å²) in [5, 5.41) is 18.6. The topological polar surface area (TPSA) is 117 Å². The maximum Gasteiger partial charge on any atom is 0.410 e. The summed E-state index contributed by atoms with van der Waals surface area (Å²) in [4.78, 5) is 28.5. The Hall–Kier alpha value is -5.65. The zero-order valence-electron chi connectivity index (χ0n) is 33.9. The molecule has 0 atom stereocenters. The molecule has 0 aliphatic carbocycles. The SMILES string of the molecule is CCOC(=O)c1c(CCCOc2cccc3ccccc23)c2cccc(-c3c(COCc4ccccc4)nn(C)c3CO)c2n1CCCN(C)C(=O)OC(C)(C)C. The van der Waals surface area contributed by atoms with Crippen LogP contribution < -0.4 is 4.74 Å². The molecule has 0 unspecified atom stereocenters. The number of aromatic nitrogens is 3. The molecule has 0 bridgehead atoms. The number of ether oxygens (including phenoxy) is 4. The fourth-order valence-electron chi connectivity index (χ4n) is 7.29. The second-order valence-electron chi connectivity index (χ2n) is 15.1. The van der Waals surface area contributed by atoms with Crippen molar-refractivity contribution in [2.75, 3.05) is 26.8 Å². The number of rotatable bonds is 17. The molecule has 0 saturated heterocycles. The standard InChI is InChI=1S/C46H54N4O7/c1-7-55-44(52)43-36(24-15-28-56-40-25-13-20-33-19-11-12-21-34(33)40)35-22-14-23-37(42(35)50(43)27-16-26-48(5)45(53)57-46(2,3)4)41-38(47-49(6)39(41)29-51)31-54-30-32-17-9-8-10-18-32/h8-14,17-23,25,51H,7,15-16,24,26-31H2,1-6H3. The number of aliphatic hydroxyl groups is 1. The molecule has 4 aromatic carbocycles. The summed E-state index contributed by atoms with van der Waals surface area (Å²) < 4.78 is 27.6. The Kier molecular flexibility index (Phi) is 13.3. The normalized spacial score (nSPS) is 11.6. The van der Waals surface area contributed by atoms with Gasteiger partial charge in [0, 0.05) is 49.1 Å². The molecule has 11 nitrogen and oxygen atoms in total. The largest absolute Gasteiger partial charge is 0.493 e. The first-order valence-electron chi connectivity index (χ1n) is 19.6. The molecule has 0 aliphatic rings. The minimum absolute atomic E-state index is 0.207. The average Bonchev–Trinajstić information content (AvgIpc) is 3.69. The van der Waals surface area contributed by atoms with Gasteiger partial charge in [-0.3, -0.25) is 4.68 Å². The second kappa shape index (κ2) is 18.5. The molecule has 2 heterocycles. The van der Waals surface area contributed by atoms with E-state index in [1.807, 2.05) is 105 Å². The third kappa shape index (κ3) is 9.67. The zero-order chi connectivity index (χ0) is 40.5. The van der Waals surface area contributed by atoms with Crippen molar-refractivity contribution in [2.45, 2.75) is 78.9 Å². The predicted molar refractivity (Wildman–Crippen MR) is 222 cm³/mol. The molecular weight excluding hydrogens is 721 g/mol. The van der Waals surface area contributed by atoms with E-state index < -0.39 is 17.7 Å². The van der Waals surface area contributed by atoms with Gasteiger partial charge in [-0.25, -0.2) is 9.59 Å². The van der Waals surface area contributed by atoms with Crippen molar-refractivity contribution < 1.29 is 33.6 Å². The summed E-state index contributed by atoms with van der Waals surface area (Å²) in [6.07, 6.45) is 1.28. The van der Waals surface area contributed by atoms with Crippen LogP contribution in [0, 0.1) is 0 Å². The number of benzene rings is 4. The van der Waals surface area contributed by atoms with E-state index in [2.05, 4.69) is 18.2 Å². The fourth-order valence-corrected chi connectivity index (χ4v) is 7.29. The first kappa shape index (κ1) is 41.0. The Morgan fingerprint density at radius 2 is 1.60 bits per heavy atom. The second-order valence-corrected chi connectivity index (χ2v) is 15.1. The minimum Gasteiger partial charge on any atom is -0.493 e. The van der Waals surface area contributed by atoms with Crippen molar-refractivity contribution in [1.82, 2.24) is 19.2 Å². The van der Waals surface area contributed by atoms with Crippen LogP contribution in [-0.2, 0) is 54.0 Å². The van der Waals surface area contributed by atoms with Crippen molar-refractivity contribution in [3.05, 3.63) is 119 Å². The molecule has 11 heteroatoms. The van der Waals surface area contributed by atoms with Crippen molar-refractivity contribution in [1.29, 1.82) is 0 Å². The number of para-hydroxylation sites is 1. The summed E-state index contributed by atoms with van der Waals surface area (Å²) >= 11 is 0. The molecule has 300 valence electrons. The number of fused-ring (bicyclic) bond motifs is 2. The monoisotopic (exact) mass is 774 g/mol. The highest BCUT2D eigenvalue weighted by Gasteiger charge is 2.29. The summed E-state index contributed by atoms with van der Waals surface area (Å²) in [5.41, 5.74) is 5.40. The number of hydrogen-bond donors (Lipinski definition) is 1. The van der Waals surface area contributed by atoms with E-state index >= 15 is 0 Å². The molecule has 1 amide bonds. The highest BCUT2D eigenvalue weighted by molar-refractivity contribution is 6.05. The third-order valence-corrected chi connectivity index (χ3v) is 9.82. The zero-order valence-corrected chi connectivity index (χ0v) is 33.9. The van der Waals surface area contributed by atoms with Crippen LogP contribution in [0.2, 0.25) is 0 Å². The van der Waals surface area contributed by atoms with Gasteiger partial charge in [0.15, 0.2) is 0 Å². The van der Waals surface area contributed by atoms with Crippen LogP contribution in [0.25, 0.3) is 32.8 Å². The van der Waals surface area contributed by atoms with Crippen molar-refractivity contribution in [2.24, 2.45) is 7.05 Å². The van der Waals surface area contributed by atoms with Gasteiger partial charge in [-0.15, -0.1) is 0 Å². The summed E-state index contributed by atoms with van der Waals surface area (Å²) in [7, 11) is 3.53. The van der Waals surface area contributed by atoms with Gasteiger partial charge in [-0.1, -0.05) is 84.9 Å². The van der Waals surface area contributed by atoms with Gasteiger partial charge in [-0.2, -0.15) is 5.10 Å². The number of nitrogens with zero attached hydrogens (tertiary/aromatic N) is 4. The van der Waals surface area contributed by atoms with Gasteiger partial charge in [-0.05, 0) is 69.5 Å². The summed E-state index contributed by atoms with van der Waals surface area (Å²) in [6, 6.07) is 30.1. The number of carbonyl (C=O) groups is 2. The molecule has 0 spiro atoms. The van der Waals surface area contributed by atoms with Gasteiger partial charge < -0.3 is 33.5 Å². The third-order valence-electron chi connectivity index (χ3n) is 9.82. The van der Waals surface area contributed by atoms with Gasteiger partial charge in [0.1, 0.15) is 17.0 Å². The summed E-state index contributed by atoms with van der Waals surface area (Å²) in [5.74, 6) is 0.387. The van der Waals surface area contributed by atoms with Crippen LogP contribution in [-0.4, -0.2) is 68.8 Å². The van der Waals surface area contributed by atoms with E-state index in [9.17, 15) is 14.7 Å². The number of aryl methyl sites for hydroxylation is 3. The van der Waals surface area contributed by atoms with Crippen molar-refractivity contribution in [3.63, 3.8) is 0 Å². The van der Waals surface area contributed by atoms with Crippen molar-refractivity contribution in [3.8, 4) is 16.9 Å². The number of esters is 1. The molecule has 0 fully saturated rings. The van der Waals surface area contributed by atoms with Crippen LogP contribution >= 0.6 is 0 Å². The minimum atomic E-state index is -0.628. The van der Waals surface area contributed by atoms with Gasteiger partial charge in [0.05, 0.1) is 49.9 Å². The molecule has 0 radical (unpaired) electrons. The highest BCUT2D eigenvalue weighted by Crippen LogP contribution is 2.39. The lowest BCUT2D eigenvalue weighted by Gasteiger charge is -2.24. The first-order valence-corrected chi connectivity index (χ1v) is 19.6. The Morgan fingerprint density at radius 1 is 0.877 bits per heavy atom. The lowest BCUT2D eigenvalue weighted by Crippen LogP contribution is -2.35. The van der Waals surface area contributed by atoms with Gasteiger partial charge >= 0.3 is 12.1 Å². The van der Waals surface area contributed by atoms with Gasteiger partial charge in [0.2, 0.25) is 0 Å². The van der Waals surface area contributed by atoms with E-state index in [0.29, 0.717) is 62.6 Å². The molecule has 0 aliphatic heterocycles. The lowest BCUT2D eigenvalue weighted by molar-refractivity contribution is 0.0294. The lowest BCUT2D eigenvalue weighted by atomic mass is 9.98. The molecule has 57 heavy (non-hydrogen) atoms. The van der Waals surface area contributed by atoms with E-state index in [1.165, 1.54) is 0 Å². The Bertz CT molecular complexity index is 2300. The molecule has 1 N–H and O–H groups in total. The Labute approximate surface area is 334 Å². The molecular formula is C46H54N4O7. The van der Waals surface area contributed by atoms with Crippen LogP contribution in [0.15, 0.2) is 91.0 Å². The maximum absolute atomic E-state index is 14.1. The molecule has 6 aromatic rings. The fraction of sp³-hybridized carbons (Fsp3) is 0.370. The number of aliphatic hydroxyl groups excluding tert-OH is 1. The smallest absolute Gasteiger partial charge is 0.410 e. The molecule has 6 rings (SSSR count). The van der Waals surface area contributed by atoms with Crippen molar-refractivity contribution >= 4 is 33.7 Å². The maximum atomic E-state index is 14.1. The van der Waals surface area contributed by atoms with Crippen LogP contribution in [0.1, 0.15) is 73.5 Å². The highest BCUT2D eigenvalue weighted by atomic mass is 16.6. The van der Waals surface area contributed by atoms with Crippen LogP contribution in [0.5, 0.6) is 5.75 Å². The molecule has 0 saturated carbocycles. The Morgan fingerprint density at radius 3 is 2.35 bits per heavy atom. The number of carbonyl (C=O) groups excluding carboxylic acids is 2. The van der Waals surface area contributed by atoms with E-state index in [0.717, 1.165) is 49.7 Å². The Balaban J connectivity index is 1.40. The van der Waals surface area contributed by atoms with Crippen LogP contribution in [0.4, 0.5) is 4.79 Å². The molecule has 2 aromatic heterocycles. The number of hydrogen-bond acceptors (Lipinski definition) is 8. The average molecular weight is 775 g/mol. The predicted octanol–water partition coefficient (Wildman–Crippen LogP) is 8.85. The summed E-state index contributed by atoms with van der Waals surface area (Å²) in [6.45, 7) is 9.10.